The number of nitrogens with zero attached hydrogens (tertiary/aromatic N) is 4. The number of rotatable bonds is 4. The highest BCUT2D eigenvalue weighted by Gasteiger charge is 2.30. The van der Waals surface area contributed by atoms with Crippen LogP contribution in [0, 0.1) is 10.1 Å². The molecule has 2 aliphatic heterocycles. The third kappa shape index (κ3) is 3.33. The Morgan fingerprint density at radius 3 is 2.54 bits per heavy atom. The Bertz CT molecular complexity index is 623. The van der Waals surface area contributed by atoms with Crippen LogP contribution in [0.2, 0.25) is 0 Å². The molecule has 24 heavy (non-hydrogen) atoms. The van der Waals surface area contributed by atoms with Gasteiger partial charge in [0, 0.05) is 31.4 Å². The van der Waals surface area contributed by atoms with Gasteiger partial charge in [0.05, 0.1) is 17.6 Å². The standard InChI is InChI=1S/C16H22N4O4/c1-24-16(21)12-10-14(20(22)23)15(17-11-12)19-8-4-13(5-9-19)18-6-2-3-7-18/h10-11,13H,2-9H2,1H3. The highest BCUT2D eigenvalue weighted by atomic mass is 16.6. The summed E-state index contributed by atoms with van der Waals surface area (Å²) in [7, 11) is 1.24. The Labute approximate surface area is 140 Å². The van der Waals surface area contributed by atoms with E-state index in [1.165, 1.54) is 32.2 Å². The molecule has 0 unspecified atom stereocenters. The van der Waals surface area contributed by atoms with E-state index in [2.05, 4.69) is 14.6 Å². The predicted octanol–water partition coefficient (Wildman–Crippen LogP) is 1.84. The van der Waals surface area contributed by atoms with Crippen LogP contribution in [-0.2, 0) is 4.74 Å². The van der Waals surface area contributed by atoms with E-state index in [1.807, 2.05) is 4.90 Å². The van der Waals surface area contributed by atoms with Gasteiger partial charge in [0.1, 0.15) is 0 Å². The maximum absolute atomic E-state index is 11.6. The summed E-state index contributed by atoms with van der Waals surface area (Å²) in [5.74, 6) is -0.280. The van der Waals surface area contributed by atoms with Crippen LogP contribution in [0.25, 0.3) is 0 Å². The molecule has 3 heterocycles. The number of hydrogen-bond acceptors (Lipinski definition) is 7. The van der Waals surface area contributed by atoms with Crippen molar-refractivity contribution in [3.8, 4) is 0 Å². The lowest BCUT2D eigenvalue weighted by Crippen LogP contribution is -2.44. The maximum atomic E-state index is 11.6. The number of carbonyl (C=O) groups is 1. The monoisotopic (exact) mass is 334 g/mol. The molecule has 0 saturated carbocycles. The van der Waals surface area contributed by atoms with E-state index >= 15 is 0 Å². The van der Waals surface area contributed by atoms with E-state index in [-0.39, 0.29) is 11.3 Å². The van der Waals surface area contributed by atoms with Crippen molar-refractivity contribution in [1.29, 1.82) is 0 Å². The lowest BCUT2D eigenvalue weighted by Gasteiger charge is -2.36. The molecule has 2 saturated heterocycles. The van der Waals surface area contributed by atoms with Crippen LogP contribution in [0.15, 0.2) is 12.3 Å². The second-order valence-electron chi connectivity index (χ2n) is 6.28. The molecule has 2 aliphatic rings. The summed E-state index contributed by atoms with van der Waals surface area (Å²) in [6.45, 7) is 3.81. The van der Waals surface area contributed by atoms with Crippen molar-refractivity contribution in [2.45, 2.75) is 31.7 Å². The molecular weight excluding hydrogens is 312 g/mol. The van der Waals surface area contributed by atoms with Crippen LogP contribution in [-0.4, -0.2) is 60.1 Å². The summed E-state index contributed by atoms with van der Waals surface area (Å²) in [6, 6.07) is 1.82. The fourth-order valence-corrected chi connectivity index (χ4v) is 3.60. The first-order chi connectivity index (χ1) is 11.6. The minimum atomic E-state index is -0.620. The summed E-state index contributed by atoms with van der Waals surface area (Å²) in [4.78, 5) is 31.1. The van der Waals surface area contributed by atoms with Crippen LogP contribution in [0.4, 0.5) is 11.5 Å². The van der Waals surface area contributed by atoms with Crippen molar-refractivity contribution in [1.82, 2.24) is 9.88 Å². The zero-order chi connectivity index (χ0) is 17.1. The third-order valence-electron chi connectivity index (χ3n) is 4.89. The largest absolute Gasteiger partial charge is 0.465 e. The van der Waals surface area contributed by atoms with Gasteiger partial charge >= 0.3 is 11.7 Å². The van der Waals surface area contributed by atoms with Crippen molar-refractivity contribution >= 4 is 17.5 Å². The Kier molecular flexibility index (Phi) is 4.94. The van der Waals surface area contributed by atoms with Crippen molar-refractivity contribution in [2.24, 2.45) is 0 Å². The van der Waals surface area contributed by atoms with Crippen LogP contribution >= 0.6 is 0 Å². The number of aromatic nitrogens is 1. The van der Waals surface area contributed by atoms with Crippen LogP contribution in [0.3, 0.4) is 0 Å². The highest BCUT2D eigenvalue weighted by molar-refractivity contribution is 5.90. The molecule has 0 N–H and O–H groups in total. The van der Waals surface area contributed by atoms with Gasteiger partial charge in [0.2, 0.25) is 5.82 Å². The van der Waals surface area contributed by atoms with Gasteiger partial charge < -0.3 is 14.5 Å². The molecule has 0 aliphatic carbocycles. The first-order valence-corrected chi connectivity index (χ1v) is 8.32. The molecule has 130 valence electrons. The number of piperidine rings is 1. The number of hydrogen-bond donors (Lipinski definition) is 0. The van der Waals surface area contributed by atoms with Gasteiger partial charge in [-0.25, -0.2) is 9.78 Å². The highest BCUT2D eigenvalue weighted by Crippen LogP contribution is 2.30. The molecule has 0 atom stereocenters. The number of nitro groups is 1. The van der Waals surface area contributed by atoms with Gasteiger partial charge in [-0.2, -0.15) is 0 Å². The second kappa shape index (κ2) is 7.12. The van der Waals surface area contributed by atoms with Gasteiger partial charge in [-0.05, 0) is 38.8 Å². The van der Waals surface area contributed by atoms with Crippen molar-refractivity contribution < 1.29 is 14.5 Å². The number of anilines is 1. The van der Waals surface area contributed by atoms with Crippen LogP contribution in [0.5, 0.6) is 0 Å². The number of esters is 1. The Balaban J connectivity index is 1.74. The van der Waals surface area contributed by atoms with E-state index in [1.54, 1.807) is 0 Å². The van der Waals surface area contributed by atoms with Crippen LogP contribution < -0.4 is 4.90 Å². The minimum Gasteiger partial charge on any atom is -0.465 e. The Morgan fingerprint density at radius 2 is 1.96 bits per heavy atom. The maximum Gasteiger partial charge on any atom is 0.339 e. The number of ether oxygens (including phenoxy) is 1. The Hall–Kier alpha value is -2.22. The lowest BCUT2D eigenvalue weighted by atomic mass is 10.0. The smallest absolute Gasteiger partial charge is 0.339 e. The molecule has 8 heteroatoms. The molecule has 0 aromatic carbocycles. The number of likely N-dealkylation sites (tertiary alicyclic amines) is 1. The van der Waals surface area contributed by atoms with E-state index < -0.39 is 10.9 Å². The van der Waals surface area contributed by atoms with E-state index in [0.29, 0.717) is 11.9 Å². The summed E-state index contributed by atoms with van der Waals surface area (Å²) >= 11 is 0. The molecular formula is C16H22N4O4. The van der Waals surface area contributed by atoms with Crippen molar-refractivity contribution in [3.63, 3.8) is 0 Å². The van der Waals surface area contributed by atoms with Crippen molar-refractivity contribution in [3.05, 3.63) is 27.9 Å². The van der Waals surface area contributed by atoms with Gasteiger partial charge in [-0.1, -0.05) is 0 Å². The number of pyridine rings is 1. The molecule has 0 amide bonds. The molecule has 2 fully saturated rings. The quantitative estimate of drug-likeness (QED) is 0.471. The fourth-order valence-electron chi connectivity index (χ4n) is 3.60. The Morgan fingerprint density at radius 1 is 1.29 bits per heavy atom. The average Bonchev–Trinajstić information content (AvgIpc) is 3.15. The van der Waals surface area contributed by atoms with Gasteiger partial charge in [0.15, 0.2) is 0 Å². The molecule has 0 spiro atoms. The third-order valence-corrected chi connectivity index (χ3v) is 4.89. The molecule has 0 bridgehead atoms. The summed E-state index contributed by atoms with van der Waals surface area (Å²) in [5, 5.41) is 11.4. The topological polar surface area (TPSA) is 88.8 Å². The molecule has 0 radical (unpaired) electrons. The summed E-state index contributed by atoms with van der Waals surface area (Å²) in [6.07, 6.45) is 5.85. The first-order valence-electron chi connectivity index (χ1n) is 8.32. The SMILES string of the molecule is COC(=O)c1cnc(N2CCC(N3CCCC3)CC2)c([N+](=O)[O-])c1. The second-order valence-corrected chi connectivity index (χ2v) is 6.28. The first kappa shape index (κ1) is 16.6. The predicted molar refractivity (Wildman–Crippen MR) is 88.3 cm³/mol. The summed E-state index contributed by atoms with van der Waals surface area (Å²) < 4.78 is 4.61. The van der Waals surface area contributed by atoms with E-state index in [0.717, 1.165) is 39.0 Å². The van der Waals surface area contributed by atoms with Crippen LogP contribution in [0.1, 0.15) is 36.0 Å². The zero-order valence-corrected chi connectivity index (χ0v) is 13.8. The molecule has 1 aromatic rings. The lowest BCUT2D eigenvalue weighted by molar-refractivity contribution is -0.384. The van der Waals surface area contributed by atoms with Gasteiger partial charge in [-0.3, -0.25) is 10.1 Å². The van der Waals surface area contributed by atoms with Gasteiger partial charge in [-0.15, -0.1) is 0 Å². The molecule has 3 rings (SSSR count). The number of carbonyl (C=O) groups excluding carboxylic acids is 1. The van der Waals surface area contributed by atoms with Crippen molar-refractivity contribution in [2.75, 3.05) is 38.2 Å². The summed E-state index contributed by atoms with van der Waals surface area (Å²) in [5.41, 5.74) is -0.0441. The van der Waals surface area contributed by atoms with E-state index in [9.17, 15) is 14.9 Å². The molecule has 8 nitrogen and oxygen atoms in total. The van der Waals surface area contributed by atoms with E-state index in [4.69, 9.17) is 0 Å². The average molecular weight is 334 g/mol. The van der Waals surface area contributed by atoms with Gasteiger partial charge in [0.25, 0.3) is 0 Å². The normalized spacial score (nSPS) is 19.5. The zero-order valence-electron chi connectivity index (χ0n) is 13.8. The molecule has 1 aromatic heterocycles. The number of methoxy groups -OCH3 is 1. The minimum absolute atomic E-state index is 0.0971. The fraction of sp³-hybridized carbons (Fsp3) is 0.625.